The summed E-state index contributed by atoms with van der Waals surface area (Å²) in [5.41, 5.74) is 0.503. The summed E-state index contributed by atoms with van der Waals surface area (Å²) in [6, 6.07) is 6.14. The van der Waals surface area contributed by atoms with Crippen LogP contribution < -0.4 is 0 Å². The molecule has 1 aromatic rings. The molecule has 0 spiro atoms. The first-order valence-corrected chi connectivity index (χ1v) is 6.03. The minimum Gasteiger partial charge on any atom is -0.369 e. The maximum atomic E-state index is 13.6. The van der Waals surface area contributed by atoms with Gasteiger partial charge in [-0.3, -0.25) is 9.10 Å². The fourth-order valence-electron chi connectivity index (χ4n) is 1.88. The van der Waals surface area contributed by atoms with E-state index in [1.54, 1.807) is 24.5 Å². The number of carbonyl (C=O) groups is 1. The van der Waals surface area contributed by atoms with Crippen molar-refractivity contribution in [2.45, 2.75) is 12.1 Å². The average Bonchev–Trinajstić information content (AvgIpc) is 2.28. The number of hydrogen-bond acceptors (Lipinski definition) is 3. The number of benzene rings is 1. The van der Waals surface area contributed by atoms with Crippen LogP contribution in [0.2, 0.25) is 0 Å². The Bertz CT molecular complexity index is 399. The molecule has 0 saturated carbocycles. The van der Waals surface area contributed by atoms with Crippen molar-refractivity contribution in [3.8, 4) is 0 Å². The van der Waals surface area contributed by atoms with Crippen molar-refractivity contribution < 1.29 is 13.9 Å². The smallest absolute Gasteiger partial charge is 0.264 e. The SMILES string of the molecule is CO[C@H]1C(=O)N(SC)[C@H]1c1ccccc1F. The normalized spacial score (nSPS) is 24.4. The van der Waals surface area contributed by atoms with Crippen LogP contribution in [-0.4, -0.2) is 29.7 Å². The van der Waals surface area contributed by atoms with Crippen molar-refractivity contribution in [3.63, 3.8) is 0 Å². The van der Waals surface area contributed by atoms with Crippen LogP contribution in [-0.2, 0) is 9.53 Å². The van der Waals surface area contributed by atoms with Crippen LogP contribution in [0.3, 0.4) is 0 Å². The van der Waals surface area contributed by atoms with Gasteiger partial charge in [-0.2, -0.15) is 0 Å². The van der Waals surface area contributed by atoms with Crippen LogP contribution in [0.5, 0.6) is 0 Å². The Balaban J connectivity index is 2.32. The van der Waals surface area contributed by atoms with Crippen molar-refractivity contribution in [3.05, 3.63) is 35.6 Å². The number of methoxy groups -OCH3 is 1. The van der Waals surface area contributed by atoms with E-state index in [2.05, 4.69) is 0 Å². The highest BCUT2D eigenvalue weighted by atomic mass is 32.2. The van der Waals surface area contributed by atoms with E-state index in [0.29, 0.717) is 5.56 Å². The van der Waals surface area contributed by atoms with Crippen LogP contribution >= 0.6 is 11.9 Å². The molecule has 2 atom stereocenters. The maximum absolute atomic E-state index is 13.6. The van der Waals surface area contributed by atoms with Gasteiger partial charge in [0.2, 0.25) is 0 Å². The first-order chi connectivity index (χ1) is 7.70. The molecule has 1 aliphatic rings. The lowest BCUT2D eigenvalue weighted by Crippen LogP contribution is -2.56. The Morgan fingerprint density at radius 1 is 1.44 bits per heavy atom. The van der Waals surface area contributed by atoms with Gasteiger partial charge in [-0.15, -0.1) is 0 Å². The zero-order valence-corrected chi connectivity index (χ0v) is 9.83. The van der Waals surface area contributed by atoms with E-state index < -0.39 is 6.10 Å². The number of halogens is 1. The van der Waals surface area contributed by atoms with Crippen LogP contribution in [0.15, 0.2) is 24.3 Å². The molecule has 1 fully saturated rings. The standard InChI is InChI=1S/C11H12FNO2S/c1-15-10-9(13(16-2)11(10)14)7-5-3-4-6-8(7)12/h3-6,9-10H,1-2H3/t9-,10+/m0/s1. The number of β-lactam (4-membered cyclic amide) rings is 1. The molecule has 1 aromatic carbocycles. The van der Waals surface area contributed by atoms with Crippen molar-refractivity contribution in [2.24, 2.45) is 0 Å². The molecule has 0 aromatic heterocycles. The second kappa shape index (κ2) is 4.43. The van der Waals surface area contributed by atoms with Crippen molar-refractivity contribution in [1.82, 2.24) is 4.31 Å². The van der Waals surface area contributed by atoms with E-state index in [9.17, 15) is 9.18 Å². The quantitative estimate of drug-likeness (QED) is 0.599. The van der Waals surface area contributed by atoms with E-state index in [-0.39, 0.29) is 17.8 Å². The molecule has 3 nitrogen and oxygen atoms in total. The van der Waals surface area contributed by atoms with Gasteiger partial charge in [0.25, 0.3) is 5.91 Å². The van der Waals surface area contributed by atoms with Crippen molar-refractivity contribution in [2.75, 3.05) is 13.4 Å². The van der Waals surface area contributed by atoms with Crippen LogP contribution in [0, 0.1) is 5.82 Å². The van der Waals surface area contributed by atoms with Gasteiger partial charge < -0.3 is 4.74 Å². The van der Waals surface area contributed by atoms with E-state index in [4.69, 9.17) is 4.74 Å². The third-order valence-corrected chi connectivity index (χ3v) is 3.47. The summed E-state index contributed by atoms with van der Waals surface area (Å²) in [6.45, 7) is 0. The Morgan fingerprint density at radius 2 is 2.12 bits per heavy atom. The molecule has 0 unspecified atom stereocenters. The van der Waals surface area contributed by atoms with Gasteiger partial charge in [-0.25, -0.2) is 4.39 Å². The van der Waals surface area contributed by atoms with Crippen LogP contribution in [0.25, 0.3) is 0 Å². The summed E-state index contributed by atoms with van der Waals surface area (Å²) in [4.78, 5) is 11.6. The van der Waals surface area contributed by atoms with E-state index in [0.717, 1.165) is 0 Å². The Labute approximate surface area is 97.7 Å². The fourth-order valence-corrected chi connectivity index (χ4v) is 2.61. The summed E-state index contributed by atoms with van der Waals surface area (Å²) in [5.74, 6) is -0.413. The summed E-state index contributed by atoms with van der Waals surface area (Å²) in [7, 11) is 1.47. The van der Waals surface area contributed by atoms with Gasteiger partial charge in [0.05, 0.1) is 0 Å². The number of hydrogen-bond donors (Lipinski definition) is 0. The van der Waals surface area contributed by atoms with Crippen LogP contribution in [0.4, 0.5) is 4.39 Å². The lowest BCUT2D eigenvalue weighted by Gasteiger charge is -2.44. The predicted molar refractivity (Wildman–Crippen MR) is 60.3 cm³/mol. The van der Waals surface area contributed by atoms with Crippen molar-refractivity contribution in [1.29, 1.82) is 0 Å². The Morgan fingerprint density at radius 3 is 2.69 bits per heavy atom. The third-order valence-electron chi connectivity index (χ3n) is 2.67. The third kappa shape index (κ3) is 1.60. The summed E-state index contributed by atoms with van der Waals surface area (Å²) in [6.07, 6.45) is 1.22. The first-order valence-electron chi connectivity index (χ1n) is 4.85. The van der Waals surface area contributed by atoms with Gasteiger partial charge in [0, 0.05) is 18.9 Å². The molecule has 0 N–H and O–H groups in total. The minimum atomic E-state index is -0.565. The molecular weight excluding hydrogens is 229 g/mol. The summed E-state index contributed by atoms with van der Waals surface area (Å²) in [5, 5.41) is 0. The van der Waals surface area contributed by atoms with Gasteiger partial charge in [-0.05, 0) is 6.07 Å². The lowest BCUT2D eigenvalue weighted by molar-refractivity contribution is -0.158. The molecule has 2 rings (SSSR count). The number of ether oxygens (including phenoxy) is 1. The van der Waals surface area contributed by atoms with Gasteiger partial charge in [0.1, 0.15) is 11.9 Å². The minimum absolute atomic E-state index is 0.108. The summed E-state index contributed by atoms with van der Waals surface area (Å²) >= 11 is 1.29. The maximum Gasteiger partial charge on any atom is 0.264 e. The molecule has 1 saturated heterocycles. The number of rotatable bonds is 3. The van der Waals surface area contributed by atoms with Gasteiger partial charge in [-0.1, -0.05) is 30.1 Å². The van der Waals surface area contributed by atoms with E-state index in [1.165, 1.54) is 29.4 Å². The topological polar surface area (TPSA) is 29.5 Å². The molecule has 1 aliphatic heterocycles. The number of nitrogens with zero attached hydrogens (tertiary/aromatic N) is 1. The zero-order valence-electron chi connectivity index (χ0n) is 9.01. The fraction of sp³-hybridized carbons (Fsp3) is 0.364. The average molecular weight is 241 g/mol. The molecule has 0 radical (unpaired) electrons. The van der Waals surface area contributed by atoms with Gasteiger partial charge >= 0.3 is 0 Å². The second-order valence-electron chi connectivity index (χ2n) is 3.47. The molecule has 86 valence electrons. The largest absolute Gasteiger partial charge is 0.369 e. The number of carbonyl (C=O) groups excluding carboxylic acids is 1. The highest BCUT2D eigenvalue weighted by Crippen LogP contribution is 2.41. The monoisotopic (exact) mass is 241 g/mol. The molecule has 0 aliphatic carbocycles. The first kappa shape index (κ1) is 11.4. The molecule has 1 heterocycles. The highest BCUT2D eigenvalue weighted by Gasteiger charge is 2.49. The Kier molecular flexibility index (Phi) is 3.16. The molecule has 0 bridgehead atoms. The van der Waals surface area contributed by atoms with E-state index >= 15 is 0 Å². The Hall–Kier alpha value is -1.07. The van der Waals surface area contributed by atoms with Crippen LogP contribution in [0.1, 0.15) is 11.6 Å². The molecular formula is C11H12FNO2S. The lowest BCUT2D eigenvalue weighted by atomic mass is 9.93. The van der Waals surface area contributed by atoms with E-state index in [1.807, 2.05) is 0 Å². The molecule has 16 heavy (non-hydrogen) atoms. The highest BCUT2D eigenvalue weighted by molar-refractivity contribution is 7.96. The van der Waals surface area contributed by atoms with Gasteiger partial charge in [0.15, 0.2) is 6.10 Å². The summed E-state index contributed by atoms with van der Waals surface area (Å²) < 4.78 is 20.2. The molecule has 1 amide bonds. The molecule has 5 heteroatoms. The zero-order chi connectivity index (χ0) is 11.7. The second-order valence-corrected chi connectivity index (χ2v) is 4.23. The van der Waals surface area contributed by atoms with Crippen molar-refractivity contribution >= 4 is 17.9 Å². The number of amides is 1. The predicted octanol–water partition coefficient (Wildman–Crippen LogP) is 2.00.